The highest BCUT2D eigenvalue weighted by Gasteiger charge is 2.24. The Morgan fingerprint density at radius 2 is 1.93 bits per heavy atom. The topological polar surface area (TPSA) is 43.1 Å². The molecule has 2 N–H and O–H groups in total. The predicted octanol–water partition coefficient (Wildman–Crippen LogP) is 2.57. The molecule has 80 valence electrons. The van der Waals surface area contributed by atoms with Crippen molar-refractivity contribution in [1.82, 2.24) is 0 Å². The zero-order chi connectivity index (χ0) is 10.7. The maximum atomic E-state index is 11.6. The third kappa shape index (κ3) is 2.58. The van der Waals surface area contributed by atoms with Crippen LogP contribution in [0.25, 0.3) is 0 Å². The van der Waals surface area contributed by atoms with Crippen LogP contribution in [-0.2, 0) is 11.2 Å². The van der Waals surface area contributed by atoms with Crippen LogP contribution in [0, 0.1) is 5.92 Å². The molecule has 0 heterocycles. The van der Waals surface area contributed by atoms with Crippen LogP contribution < -0.4 is 5.73 Å². The van der Waals surface area contributed by atoms with Crippen molar-refractivity contribution in [2.24, 2.45) is 5.92 Å². The summed E-state index contributed by atoms with van der Waals surface area (Å²) >= 11 is 0. The fourth-order valence-electron chi connectivity index (χ4n) is 1.89. The number of hydrogen-bond donors (Lipinski definition) is 1. The summed E-state index contributed by atoms with van der Waals surface area (Å²) in [6.07, 6.45) is 5.00. The summed E-state index contributed by atoms with van der Waals surface area (Å²) < 4.78 is 0. The van der Waals surface area contributed by atoms with Crippen LogP contribution in [0.1, 0.15) is 31.2 Å². The van der Waals surface area contributed by atoms with Crippen molar-refractivity contribution >= 4 is 11.5 Å². The molecule has 0 aromatic heterocycles. The third-order valence-corrected chi connectivity index (χ3v) is 3.20. The lowest BCUT2D eigenvalue weighted by atomic mass is 9.80. The van der Waals surface area contributed by atoms with Crippen molar-refractivity contribution < 1.29 is 4.79 Å². The van der Waals surface area contributed by atoms with E-state index in [1.165, 1.54) is 12.0 Å². The van der Waals surface area contributed by atoms with Crippen LogP contribution in [0.3, 0.4) is 0 Å². The summed E-state index contributed by atoms with van der Waals surface area (Å²) in [6.45, 7) is 0. The van der Waals surface area contributed by atoms with Gasteiger partial charge in [-0.3, -0.25) is 4.79 Å². The van der Waals surface area contributed by atoms with Crippen molar-refractivity contribution in [3.05, 3.63) is 29.8 Å². The number of rotatable bonds is 4. The smallest absolute Gasteiger partial charge is 0.136 e. The Morgan fingerprint density at radius 3 is 2.47 bits per heavy atom. The molecule has 2 heteroatoms. The van der Waals surface area contributed by atoms with E-state index in [0.717, 1.165) is 24.9 Å². The van der Waals surface area contributed by atoms with Gasteiger partial charge in [0.05, 0.1) is 0 Å². The molecule has 0 unspecified atom stereocenters. The molecule has 15 heavy (non-hydrogen) atoms. The summed E-state index contributed by atoms with van der Waals surface area (Å²) in [4.78, 5) is 11.6. The van der Waals surface area contributed by atoms with Gasteiger partial charge in [0.25, 0.3) is 0 Å². The minimum absolute atomic E-state index is 0.374. The highest BCUT2D eigenvalue weighted by Crippen LogP contribution is 2.28. The summed E-state index contributed by atoms with van der Waals surface area (Å²) in [7, 11) is 0. The number of carbonyl (C=O) groups excluding carboxylic acids is 1. The van der Waals surface area contributed by atoms with Gasteiger partial charge >= 0.3 is 0 Å². The van der Waals surface area contributed by atoms with Gasteiger partial charge in [0.2, 0.25) is 0 Å². The van der Waals surface area contributed by atoms with Gasteiger partial charge < -0.3 is 5.73 Å². The van der Waals surface area contributed by atoms with Crippen LogP contribution in [0.15, 0.2) is 24.3 Å². The molecule has 0 amide bonds. The van der Waals surface area contributed by atoms with E-state index in [1.807, 2.05) is 24.3 Å². The average Bonchev–Trinajstić information content (AvgIpc) is 2.14. The van der Waals surface area contributed by atoms with Gasteiger partial charge in [-0.1, -0.05) is 18.6 Å². The van der Waals surface area contributed by atoms with E-state index in [2.05, 4.69) is 0 Å². The summed E-state index contributed by atoms with van der Waals surface area (Å²) in [5.41, 5.74) is 7.58. The minimum atomic E-state index is 0.374. The SMILES string of the molecule is Nc1ccc(CCC(=O)C2CCC2)cc1. The Kier molecular flexibility index (Phi) is 3.05. The Labute approximate surface area is 90.5 Å². The molecule has 1 aliphatic rings. The van der Waals surface area contributed by atoms with Crippen molar-refractivity contribution in [3.8, 4) is 0 Å². The second kappa shape index (κ2) is 4.47. The van der Waals surface area contributed by atoms with E-state index in [9.17, 15) is 4.79 Å². The van der Waals surface area contributed by atoms with Crippen molar-refractivity contribution in [1.29, 1.82) is 0 Å². The Bertz CT molecular complexity index is 338. The maximum absolute atomic E-state index is 11.6. The van der Waals surface area contributed by atoms with Gasteiger partial charge in [0.15, 0.2) is 0 Å². The number of carbonyl (C=O) groups is 1. The first kappa shape index (κ1) is 10.2. The van der Waals surface area contributed by atoms with E-state index < -0.39 is 0 Å². The molecule has 0 bridgehead atoms. The summed E-state index contributed by atoms with van der Waals surface area (Å²) in [5.74, 6) is 0.817. The third-order valence-electron chi connectivity index (χ3n) is 3.20. The van der Waals surface area contributed by atoms with Crippen molar-refractivity contribution in [2.45, 2.75) is 32.1 Å². The molecule has 0 aliphatic heterocycles. The molecule has 1 aliphatic carbocycles. The quantitative estimate of drug-likeness (QED) is 0.764. The molecule has 0 radical (unpaired) electrons. The number of benzene rings is 1. The second-order valence-electron chi connectivity index (χ2n) is 4.34. The molecule has 1 aromatic carbocycles. The Hall–Kier alpha value is -1.31. The molecular weight excluding hydrogens is 186 g/mol. The number of nitrogens with two attached hydrogens (primary N) is 1. The number of Topliss-reactive ketones (excluding diaryl/α,β-unsaturated/α-hetero) is 1. The van der Waals surface area contributed by atoms with Crippen molar-refractivity contribution in [3.63, 3.8) is 0 Å². The van der Waals surface area contributed by atoms with Crippen LogP contribution in [-0.4, -0.2) is 5.78 Å². The molecule has 0 spiro atoms. The standard InChI is InChI=1S/C13H17NO/c14-12-7-4-10(5-8-12)6-9-13(15)11-2-1-3-11/h4-5,7-8,11H,1-3,6,9,14H2. The molecule has 2 rings (SSSR count). The Balaban J connectivity index is 1.82. The van der Waals surface area contributed by atoms with E-state index in [0.29, 0.717) is 18.1 Å². The highest BCUT2D eigenvalue weighted by atomic mass is 16.1. The zero-order valence-corrected chi connectivity index (χ0v) is 8.91. The maximum Gasteiger partial charge on any atom is 0.136 e. The lowest BCUT2D eigenvalue weighted by Gasteiger charge is -2.23. The van der Waals surface area contributed by atoms with Crippen LogP contribution in [0.4, 0.5) is 5.69 Å². The first-order valence-electron chi connectivity index (χ1n) is 5.63. The van der Waals surface area contributed by atoms with Gasteiger partial charge in [-0.25, -0.2) is 0 Å². The molecule has 1 saturated carbocycles. The lowest BCUT2D eigenvalue weighted by Crippen LogP contribution is -2.22. The van der Waals surface area contributed by atoms with Crippen LogP contribution in [0.5, 0.6) is 0 Å². The molecule has 0 saturated heterocycles. The second-order valence-corrected chi connectivity index (χ2v) is 4.34. The predicted molar refractivity (Wildman–Crippen MR) is 61.5 cm³/mol. The van der Waals surface area contributed by atoms with E-state index in [-0.39, 0.29) is 0 Å². The van der Waals surface area contributed by atoms with E-state index in [4.69, 9.17) is 5.73 Å². The normalized spacial score (nSPS) is 16.0. The van der Waals surface area contributed by atoms with E-state index >= 15 is 0 Å². The van der Waals surface area contributed by atoms with Gasteiger partial charge in [-0.2, -0.15) is 0 Å². The number of ketones is 1. The van der Waals surface area contributed by atoms with Gasteiger partial charge in [-0.05, 0) is 37.0 Å². The largest absolute Gasteiger partial charge is 0.399 e. The van der Waals surface area contributed by atoms with Gasteiger partial charge in [0, 0.05) is 18.0 Å². The van der Waals surface area contributed by atoms with Crippen LogP contribution in [0.2, 0.25) is 0 Å². The monoisotopic (exact) mass is 203 g/mol. The number of aryl methyl sites for hydroxylation is 1. The number of nitrogen functional groups attached to an aromatic ring is 1. The van der Waals surface area contributed by atoms with Gasteiger partial charge in [-0.15, -0.1) is 0 Å². The summed E-state index contributed by atoms with van der Waals surface area (Å²) in [5, 5.41) is 0. The first-order valence-corrected chi connectivity index (χ1v) is 5.63. The molecule has 1 aromatic rings. The number of anilines is 1. The fraction of sp³-hybridized carbons (Fsp3) is 0.462. The molecular formula is C13H17NO. The number of hydrogen-bond acceptors (Lipinski definition) is 2. The van der Waals surface area contributed by atoms with Crippen molar-refractivity contribution in [2.75, 3.05) is 5.73 Å². The molecule has 0 atom stereocenters. The average molecular weight is 203 g/mol. The highest BCUT2D eigenvalue weighted by molar-refractivity contribution is 5.81. The fourth-order valence-corrected chi connectivity index (χ4v) is 1.89. The molecule has 2 nitrogen and oxygen atoms in total. The minimum Gasteiger partial charge on any atom is -0.399 e. The summed E-state index contributed by atoms with van der Waals surface area (Å²) in [6, 6.07) is 7.79. The zero-order valence-electron chi connectivity index (χ0n) is 8.91. The van der Waals surface area contributed by atoms with Crippen LogP contribution >= 0.6 is 0 Å². The Morgan fingerprint density at radius 1 is 1.27 bits per heavy atom. The lowest BCUT2D eigenvalue weighted by molar-refractivity contribution is -0.125. The van der Waals surface area contributed by atoms with Gasteiger partial charge in [0.1, 0.15) is 5.78 Å². The van der Waals surface area contributed by atoms with E-state index in [1.54, 1.807) is 0 Å². The molecule has 1 fully saturated rings. The first-order chi connectivity index (χ1) is 7.25.